The average molecular weight is 241 g/mol. The summed E-state index contributed by atoms with van der Waals surface area (Å²) >= 11 is 0. The highest BCUT2D eigenvalue weighted by Gasteiger charge is 2.21. The number of anilines is 1. The van der Waals surface area contributed by atoms with E-state index in [4.69, 9.17) is 0 Å². The van der Waals surface area contributed by atoms with E-state index >= 15 is 0 Å². The number of hydrogen-bond acceptors (Lipinski definition) is 3. The summed E-state index contributed by atoms with van der Waals surface area (Å²) in [4.78, 5) is 30.8. The summed E-state index contributed by atoms with van der Waals surface area (Å²) in [6.07, 6.45) is 1.81. The first-order chi connectivity index (χ1) is 8.65. The molecular formula is C13H11N3O2. The van der Waals surface area contributed by atoms with Gasteiger partial charge in [-0.1, -0.05) is 6.07 Å². The summed E-state index contributed by atoms with van der Waals surface area (Å²) < 4.78 is 0. The Bertz CT molecular complexity index is 704. The van der Waals surface area contributed by atoms with E-state index in [2.05, 4.69) is 15.3 Å². The van der Waals surface area contributed by atoms with Crippen LogP contribution in [-0.4, -0.2) is 15.9 Å². The van der Waals surface area contributed by atoms with Crippen LogP contribution in [0.3, 0.4) is 0 Å². The first kappa shape index (κ1) is 10.7. The van der Waals surface area contributed by atoms with Gasteiger partial charge in [0.05, 0.1) is 23.4 Å². The minimum Gasteiger partial charge on any atom is -0.326 e. The number of rotatable bonds is 0. The normalized spacial score (nSPS) is 13.3. The van der Waals surface area contributed by atoms with Crippen molar-refractivity contribution < 1.29 is 4.79 Å². The van der Waals surface area contributed by atoms with Gasteiger partial charge in [0, 0.05) is 17.5 Å². The quantitative estimate of drug-likeness (QED) is 0.728. The van der Waals surface area contributed by atoms with Gasteiger partial charge in [0.15, 0.2) is 0 Å². The van der Waals surface area contributed by atoms with Crippen LogP contribution in [0, 0.1) is 6.92 Å². The lowest BCUT2D eigenvalue weighted by molar-refractivity contribution is -0.115. The molecule has 2 aromatic heterocycles. The zero-order chi connectivity index (χ0) is 12.7. The molecule has 3 rings (SSSR count). The fraction of sp³-hybridized carbons (Fsp3) is 0.154. The molecule has 5 nitrogen and oxygen atoms in total. The van der Waals surface area contributed by atoms with Crippen molar-refractivity contribution in [1.29, 1.82) is 0 Å². The Morgan fingerprint density at radius 2 is 2.17 bits per heavy atom. The van der Waals surface area contributed by atoms with Crippen molar-refractivity contribution in [2.45, 2.75) is 13.3 Å². The number of aromatic amines is 1. The minimum absolute atomic E-state index is 0.154. The largest absolute Gasteiger partial charge is 0.326 e. The Balaban J connectivity index is 2.39. The van der Waals surface area contributed by atoms with Crippen LogP contribution in [0.5, 0.6) is 0 Å². The first-order valence-electron chi connectivity index (χ1n) is 5.63. The number of carbonyl (C=O) groups excluding carboxylic acids is 1. The van der Waals surface area contributed by atoms with E-state index in [1.54, 1.807) is 25.3 Å². The molecule has 0 atom stereocenters. The van der Waals surface area contributed by atoms with Gasteiger partial charge < -0.3 is 10.3 Å². The van der Waals surface area contributed by atoms with Gasteiger partial charge in [-0.15, -0.1) is 0 Å². The Labute approximate surface area is 103 Å². The molecule has 2 N–H and O–H groups in total. The van der Waals surface area contributed by atoms with E-state index in [1.807, 2.05) is 6.07 Å². The third-order valence-electron chi connectivity index (χ3n) is 2.93. The number of carbonyl (C=O) groups is 1. The number of fused-ring (bicyclic) bond motifs is 3. The van der Waals surface area contributed by atoms with E-state index in [9.17, 15) is 9.59 Å². The van der Waals surface area contributed by atoms with Crippen molar-refractivity contribution in [3.05, 3.63) is 46.1 Å². The van der Waals surface area contributed by atoms with Crippen molar-refractivity contribution in [2.75, 3.05) is 5.32 Å². The summed E-state index contributed by atoms with van der Waals surface area (Å²) in [5.41, 5.74) is 2.88. The molecule has 1 aliphatic rings. The van der Waals surface area contributed by atoms with Gasteiger partial charge in [0.1, 0.15) is 0 Å². The molecule has 18 heavy (non-hydrogen) atoms. The van der Waals surface area contributed by atoms with Crippen LogP contribution in [-0.2, 0) is 11.2 Å². The van der Waals surface area contributed by atoms with Crippen molar-refractivity contribution >= 4 is 11.6 Å². The highest BCUT2D eigenvalue weighted by molar-refractivity contribution is 5.99. The number of nitrogens with zero attached hydrogens (tertiary/aromatic N) is 1. The summed E-state index contributed by atoms with van der Waals surface area (Å²) in [5, 5.41) is 2.75. The lowest BCUT2D eigenvalue weighted by Gasteiger charge is -2.07. The third-order valence-corrected chi connectivity index (χ3v) is 2.93. The van der Waals surface area contributed by atoms with E-state index in [-0.39, 0.29) is 17.9 Å². The lowest BCUT2D eigenvalue weighted by atomic mass is 10.0. The molecule has 1 aliphatic heterocycles. The number of hydrogen-bond donors (Lipinski definition) is 2. The van der Waals surface area contributed by atoms with Gasteiger partial charge in [-0.2, -0.15) is 0 Å². The smallest absolute Gasteiger partial charge is 0.258 e. The Morgan fingerprint density at radius 1 is 1.33 bits per heavy atom. The van der Waals surface area contributed by atoms with Crippen molar-refractivity contribution in [2.24, 2.45) is 0 Å². The molecular weight excluding hydrogens is 230 g/mol. The predicted octanol–water partition coefficient (Wildman–Crippen LogP) is 1.24. The third kappa shape index (κ3) is 1.60. The van der Waals surface area contributed by atoms with Crippen molar-refractivity contribution in [3.8, 4) is 11.1 Å². The highest BCUT2D eigenvalue weighted by atomic mass is 16.1. The van der Waals surface area contributed by atoms with Crippen molar-refractivity contribution in [3.63, 3.8) is 0 Å². The molecule has 0 saturated heterocycles. The second kappa shape index (κ2) is 3.80. The molecule has 0 aromatic carbocycles. The lowest BCUT2D eigenvalue weighted by Crippen LogP contribution is -2.16. The van der Waals surface area contributed by atoms with Gasteiger partial charge in [-0.3, -0.25) is 14.6 Å². The molecule has 5 heteroatoms. The number of aryl methyl sites for hydroxylation is 1. The predicted molar refractivity (Wildman–Crippen MR) is 67.4 cm³/mol. The Morgan fingerprint density at radius 3 is 3.00 bits per heavy atom. The molecule has 1 amide bonds. The van der Waals surface area contributed by atoms with E-state index < -0.39 is 0 Å². The topological polar surface area (TPSA) is 74.8 Å². The zero-order valence-corrected chi connectivity index (χ0v) is 9.78. The van der Waals surface area contributed by atoms with Crippen LogP contribution in [0.15, 0.2) is 29.2 Å². The molecule has 0 spiro atoms. The number of pyridine rings is 2. The Hall–Kier alpha value is -2.43. The van der Waals surface area contributed by atoms with Gasteiger partial charge >= 0.3 is 0 Å². The van der Waals surface area contributed by atoms with Crippen molar-refractivity contribution in [1.82, 2.24) is 9.97 Å². The molecule has 90 valence electrons. The SMILES string of the molecule is Cc1cc2c(c(=O)[nH]1)-c1cccnc1CC(=O)N2. The van der Waals surface area contributed by atoms with Crippen LogP contribution < -0.4 is 10.9 Å². The maximum absolute atomic E-state index is 12.1. The summed E-state index contributed by atoms with van der Waals surface area (Å²) in [7, 11) is 0. The van der Waals surface area contributed by atoms with Gasteiger partial charge in [0.2, 0.25) is 5.91 Å². The van der Waals surface area contributed by atoms with Crippen LogP contribution in [0.4, 0.5) is 5.69 Å². The van der Waals surface area contributed by atoms with Crippen LogP contribution in [0.1, 0.15) is 11.4 Å². The minimum atomic E-state index is -0.207. The molecule has 0 fully saturated rings. The van der Waals surface area contributed by atoms with E-state index in [0.29, 0.717) is 28.2 Å². The molecule has 0 aliphatic carbocycles. The molecule has 0 radical (unpaired) electrons. The number of aromatic nitrogens is 2. The summed E-state index contributed by atoms with van der Waals surface area (Å²) in [6.45, 7) is 1.78. The average Bonchev–Trinajstić information content (AvgIpc) is 2.43. The van der Waals surface area contributed by atoms with Crippen LogP contribution >= 0.6 is 0 Å². The molecule has 3 heterocycles. The van der Waals surface area contributed by atoms with E-state index in [1.165, 1.54) is 0 Å². The molecule has 0 saturated carbocycles. The maximum atomic E-state index is 12.1. The van der Waals surface area contributed by atoms with Gasteiger partial charge in [-0.05, 0) is 19.1 Å². The van der Waals surface area contributed by atoms with Gasteiger partial charge in [0.25, 0.3) is 5.56 Å². The standard InChI is InChI=1S/C13H11N3O2/c1-7-5-10-12(13(18)15-7)8-3-2-4-14-9(8)6-11(17)16-10/h2-5H,6H2,1H3,(H,15,18)(H,16,17). The summed E-state index contributed by atoms with van der Waals surface area (Å²) in [6, 6.07) is 5.33. The van der Waals surface area contributed by atoms with E-state index in [0.717, 1.165) is 0 Å². The molecule has 2 aromatic rings. The zero-order valence-electron chi connectivity index (χ0n) is 9.78. The van der Waals surface area contributed by atoms with Crippen LogP contribution in [0.2, 0.25) is 0 Å². The fourth-order valence-electron chi connectivity index (χ4n) is 2.21. The second-order valence-corrected chi connectivity index (χ2v) is 4.29. The summed E-state index contributed by atoms with van der Waals surface area (Å²) in [5.74, 6) is -0.154. The number of H-pyrrole nitrogens is 1. The van der Waals surface area contributed by atoms with Crippen LogP contribution in [0.25, 0.3) is 11.1 Å². The fourth-order valence-corrected chi connectivity index (χ4v) is 2.21. The monoisotopic (exact) mass is 241 g/mol. The molecule has 0 bridgehead atoms. The first-order valence-corrected chi connectivity index (χ1v) is 5.63. The number of nitrogens with one attached hydrogen (secondary N) is 2. The maximum Gasteiger partial charge on any atom is 0.258 e. The molecule has 0 unspecified atom stereocenters. The van der Waals surface area contributed by atoms with Gasteiger partial charge in [-0.25, -0.2) is 0 Å². The Kier molecular flexibility index (Phi) is 2.26. The second-order valence-electron chi connectivity index (χ2n) is 4.29. The highest BCUT2D eigenvalue weighted by Crippen LogP contribution is 2.29. The number of amides is 1.